The van der Waals surface area contributed by atoms with Crippen molar-refractivity contribution in [2.24, 2.45) is 0 Å². The summed E-state index contributed by atoms with van der Waals surface area (Å²) in [6.45, 7) is 1.95. The molecule has 0 aliphatic carbocycles. The lowest BCUT2D eigenvalue weighted by Gasteiger charge is -2.09. The van der Waals surface area contributed by atoms with Gasteiger partial charge in [0.1, 0.15) is 4.83 Å². The third-order valence-corrected chi connectivity index (χ3v) is 2.68. The van der Waals surface area contributed by atoms with Gasteiger partial charge in [-0.05, 0) is 18.4 Å². The number of aliphatic hydroxyl groups is 1. The van der Waals surface area contributed by atoms with Gasteiger partial charge < -0.3 is 10.4 Å². The van der Waals surface area contributed by atoms with Crippen LogP contribution in [0.4, 0.5) is 5.95 Å². The van der Waals surface area contributed by atoms with E-state index in [1.165, 1.54) is 0 Å². The fourth-order valence-electron chi connectivity index (χ4n) is 1.09. The molecule has 5 heteroatoms. The molecule has 0 aromatic carbocycles. The zero-order valence-electron chi connectivity index (χ0n) is 7.77. The second kappa shape index (κ2) is 3.89. The standard InChI is InChI=1S/C9H11N3OS/c1-6(5-13)11-9-10-4-7-2-3-14-8(7)12-9/h2-4,6,13H,5H2,1H3,(H,10,11,12). The molecule has 0 radical (unpaired) electrons. The smallest absolute Gasteiger partial charge is 0.224 e. The maximum absolute atomic E-state index is 8.85. The summed E-state index contributed by atoms with van der Waals surface area (Å²) in [5.74, 6) is 0.571. The fourth-order valence-corrected chi connectivity index (χ4v) is 1.83. The van der Waals surface area contributed by atoms with E-state index in [0.29, 0.717) is 5.95 Å². The first-order valence-corrected chi connectivity index (χ1v) is 5.25. The molecule has 0 fully saturated rings. The lowest BCUT2D eigenvalue weighted by Crippen LogP contribution is -2.20. The van der Waals surface area contributed by atoms with E-state index in [1.807, 2.05) is 18.4 Å². The number of fused-ring (bicyclic) bond motifs is 1. The van der Waals surface area contributed by atoms with E-state index in [-0.39, 0.29) is 12.6 Å². The summed E-state index contributed by atoms with van der Waals surface area (Å²) in [6.07, 6.45) is 1.78. The molecule has 0 saturated carbocycles. The van der Waals surface area contributed by atoms with Crippen LogP contribution in [0, 0.1) is 0 Å². The lowest BCUT2D eigenvalue weighted by atomic mass is 10.4. The molecule has 2 aromatic rings. The summed E-state index contributed by atoms with van der Waals surface area (Å²) < 4.78 is 0. The average Bonchev–Trinajstić information content (AvgIpc) is 2.64. The molecule has 0 aliphatic rings. The number of thiophene rings is 1. The van der Waals surface area contributed by atoms with Crippen LogP contribution < -0.4 is 5.32 Å². The third kappa shape index (κ3) is 1.83. The van der Waals surface area contributed by atoms with Crippen LogP contribution in [-0.4, -0.2) is 27.7 Å². The second-order valence-electron chi connectivity index (χ2n) is 3.10. The Bertz CT molecular complexity index is 429. The Morgan fingerprint density at radius 3 is 3.29 bits per heavy atom. The molecule has 14 heavy (non-hydrogen) atoms. The Hall–Kier alpha value is -1.20. The van der Waals surface area contributed by atoms with Crippen LogP contribution in [0.2, 0.25) is 0 Å². The number of anilines is 1. The number of rotatable bonds is 3. The van der Waals surface area contributed by atoms with E-state index in [2.05, 4.69) is 15.3 Å². The number of nitrogens with one attached hydrogen (secondary N) is 1. The van der Waals surface area contributed by atoms with Crippen LogP contribution in [0.5, 0.6) is 0 Å². The first-order chi connectivity index (χ1) is 6.79. The van der Waals surface area contributed by atoms with Gasteiger partial charge in [-0.3, -0.25) is 0 Å². The van der Waals surface area contributed by atoms with Crippen LogP contribution in [0.15, 0.2) is 17.6 Å². The number of nitrogens with zero attached hydrogens (tertiary/aromatic N) is 2. The van der Waals surface area contributed by atoms with E-state index in [1.54, 1.807) is 17.5 Å². The van der Waals surface area contributed by atoms with Crippen molar-refractivity contribution >= 4 is 27.5 Å². The minimum atomic E-state index is -0.0209. The quantitative estimate of drug-likeness (QED) is 0.804. The maximum atomic E-state index is 8.85. The maximum Gasteiger partial charge on any atom is 0.224 e. The number of hydrogen-bond acceptors (Lipinski definition) is 5. The molecule has 4 nitrogen and oxygen atoms in total. The number of aliphatic hydroxyl groups excluding tert-OH is 1. The molecule has 0 aliphatic heterocycles. The van der Waals surface area contributed by atoms with Gasteiger partial charge in [0.05, 0.1) is 6.61 Å². The molecule has 0 bridgehead atoms. The van der Waals surface area contributed by atoms with Gasteiger partial charge >= 0.3 is 0 Å². The molecular formula is C9H11N3OS. The molecule has 0 spiro atoms. The highest BCUT2D eigenvalue weighted by atomic mass is 32.1. The Morgan fingerprint density at radius 2 is 2.50 bits per heavy atom. The molecule has 1 atom stereocenters. The van der Waals surface area contributed by atoms with Crippen molar-refractivity contribution < 1.29 is 5.11 Å². The minimum Gasteiger partial charge on any atom is -0.394 e. The van der Waals surface area contributed by atoms with Crippen LogP contribution in [-0.2, 0) is 0 Å². The van der Waals surface area contributed by atoms with Crippen LogP contribution in [0.25, 0.3) is 10.2 Å². The van der Waals surface area contributed by atoms with E-state index in [9.17, 15) is 0 Å². The predicted molar refractivity (Wildman–Crippen MR) is 57.6 cm³/mol. The van der Waals surface area contributed by atoms with Crippen LogP contribution in [0.1, 0.15) is 6.92 Å². The molecule has 2 heterocycles. The molecule has 1 unspecified atom stereocenters. The average molecular weight is 209 g/mol. The van der Waals surface area contributed by atoms with Crippen molar-refractivity contribution in [3.8, 4) is 0 Å². The summed E-state index contributed by atoms with van der Waals surface area (Å²) in [5, 5.41) is 14.9. The molecule has 0 saturated heterocycles. The van der Waals surface area contributed by atoms with Gasteiger partial charge in [-0.15, -0.1) is 11.3 Å². The van der Waals surface area contributed by atoms with Gasteiger partial charge in [0.2, 0.25) is 5.95 Å². The van der Waals surface area contributed by atoms with E-state index < -0.39 is 0 Å². The Kier molecular flexibility index (Phi) is 2.60. The van der Waals surface area contributed by atoms with Crippen LogP contribution in [0.3, 0.4) is 0 Å². The highest BCUT2D eigenvalue weighted by molar-refractivity contribution is 7.16. The molecular weight excluding hydrogens is 198 g/mol. The Morgan fingerprint density at radius 1 is 1.64 bits per heavy atom. The van der Waals surface area contributed by atoms with Crippen molar-refractivity contribution in [2.45, 2.75) is 13.0 Å². The largest absolute Gasteiger partial charge is 0.394 e. The Balaban J connectivity index is 2.25. The highest BCUT2D eigenvalue weighted by Gasteiger charge is 2.03. The van der Waals surface area contributed by atoms with E-state index >= 15 is 0 Å². The van der Waals surface area contributed by atoms with Crippen molar-refractivity contribution in [3.05, 3.63) is 17.6 Å². The van der Waals surface area contributed by atoms with Gasteiger partial charge in [-0.1, -0.05) is 0 Å². The van der Waals surface area contributed by atoms with Crippen LogP contribution >= 0.6 is 11.3 Å². The summed E-state index contributed by atoms with van der Waals surface area (Å²) in [7, 11) is 0. The monoisotopic (exact) mass is 209 g/mol. The number of hydrogen-bond donors (Lipinski definition) is 2. The van der Waals surface area contributed by atoms with Crippen molar-refractivity contribution in [3.63, 3.8) is 0 Å². The van der Waals surface area contributed by atoms with Gasteiger partial charge in [-0.25, -0.2) is 9.97 Å². The third-order valence-electron chi connectivity index (χ3n) is 1.86. The highest BCUT2D eigenvalue weighted by Crippen LogP contribution is 2.18. The lowest BCUT2D eigenvalue weighted by molar-refractivity contribution is 0.281. The van der Waals surface area contributed by atoms with E-state index in [4.69, 9.17) is 5.11 Å². The van der Waals surface area contributed by atoms with Gasteiger partial charge in [0.25, 0.3) is 0 Å². The number of aromatic nitrogens is 2. The molecule has 74 valence electrons. The molecule has 2 aromatic heterocycles. The van der Waals surface area contributed by atoms with Crippen molar-refractivity contribution in [1.82, 2.24) is 9.97 Å². The van der Waals surface area contributed by atoms with E-state index in [0.717, 1.165) is 10.2 Å². The zero-order valence-corrected chi connectivity index (χ0v) is 8.58. The molecule has 2 rings (SSSR count). The summed E-state index contributed by atoms with van der Waals surface area (Å²) in [5.41, 5.74) is 0. The normalized spacial score (nSPS) is 13.0. The Labute approximate surface area is 85.6 Å². The van der Waals surface area contributed by atoms with Gasteiger partial charge in [0.15, 0.2) is 0 Å². The molecule has 2 N–H and O–H groups in total. The summed E-state index contributed by atoms with van der Waals surface area (Å²) in [4.78, 5) is 9.41. The molecule has 0 amide bonds. The van der Waals surface area contributed by atoms with Crippen molar-refractivity contribution in [1.29, 1.82) is 0 Å². The summed E-state index contributed by atoms with van der Waals surface area (Å²) >= 11 is 1.58. The van der Waals surface area contributed by atoms with Gasteiger partial charge in [-0.2, -0.15) is 0 Å². The van der Waals surface area contributed by atoms with Crippen molar-refractivity contribution in [2.75, 3.05) is 11.9 Å². The second-order valence-corrected chi connectivity index (χ2v) is 4.00. The topological polar surface area (TPSA) is 58.0 Å². The first-order valence-electron chi connectivity index (χ1n) is 4.37. The van der Waals surface area contributed by atoms with Gasteiger partial charge in [0, 0.05) is 17.6 Å². The first kappa shape index (κ1) is 9.36. The SMILES string of the molecule is CC(CO)Nc1ncc2ccsc2n1. The predicted octanol–water partition coefficient (Wildman–Crippen LogP) is 1.48. The zero-order chi connectivity index (χ0) is 9.97. The summed E-state index contributed by atoms with van der Waals surface area (Å²) in [6, 6.07) is 1.96. The fraction of sp³-hybridized carbons (Fsp3) is 0.333. The minimum absolute atomic E-state index is 0.0209.